The molecule has 1 heterocycles. The number of fused-ring (bicyclic) bond motifs is 4. The van der Waals surface area contributed by atoms with E-state index in [-0.39, 0.29) is 0 Å². The molecule has 2 aromatic rings. The molecule has 0 bridgehead atoms. The van der Waals surface area contributed by atoms with Gasteiger partial charge in [0.25, 0.3) is 0 Å². The van der Waals surface area contributed by atoms with Gasteiger partial charge in [0.15, 0.2) is 0 Å². The molecule has 0 aromatic heterocycles. The first-order valence-electron chi connectivity index (χ1n) is 7.75. The Kier molecular flexibility index (Phi) is 3.11. The van der Waals surface area contributed by atoms with E-state index >= 15 is 0 Å². The van der Waals surface area contributed by atoms with Crippen molar-refractivity contribution in [1.82, 2.24) is 0 Å². The third kappa shape index (κ3) is 2.19. The summed E-state index contributed by atoms with van der Waals surface area (Å²) in [6.07, 6.45) is 8.21. The lowest BCUT2D eigenvalue weighted by atomic mass is 9.88. The largest absolute Gasteiger partial charge is 0.380 e. The number of hydrogen-bond donors (Lipinski definition) is 1. The molecule has 2 aromatic carbocycles. The summed E-state index contributed by atoms with van der Waals surface area (Å²) < 4.78 is 0. The number of rotatable bonds is 0. The van der Waals surface area contributed by atoms with E-state index in [2.05, 4.69) is 66.0 Å². The van der Waals surface area contributed by atoms with E-state index < -0.39 is 0 Å². The number of para-hydroxylation sites is 1. The summed E-state index contributed by atoms with van der Waals surface area (Å²) in [5.41, 5.74) is 8.29. The van der Waals surface area contributed by atoms with Gasteiger partial charge in [0, 0.05) is 17.8 Å². The van der Waals surface area contributed by atoms with Gasteiger partial charge < -0.3 is 5.32 Å². The molecule has 1 aliphatic carbocycles. The minimum atomic E-state index is 0.897. The van der Waals surface area contributed by atoms with E-state index in [0.717, 1.165) is 13.0 Å². The summed E-state index contributed by atoms with van der Waals surface area (Å²) in [6.45, 7) is 0.897. The van der Waals surface area contributed by atoms with Crippen molar-refractivity contribution in [3.8, 4) is 0 Å². The number of allylic oxidation sites excluding steroid dienone is 4. The topological polar surface area (TPSA) is 12.0 Å². The van der Waals surface area contributed by atoms with Crippen LogP contribution in [0.25, 0.3) is 11.1 Å². The van der Waals surface area contributed by atoms with Gasteiger partial charge in [-0.05, 0) is 47.6 Å². The van der Waals surface area contributed by atoms with Gasteiger partial charge in [0.1, 0.15) is 0 Å². The second-order valence-electron chi connectivity index (χ2n) is 5.74. The van der Waals surface area contributed by atoms with Gasteiger partial charge in [0.2, 0.25) is 0 Å². The van der Waals surface area contributed by atoms with E-state index in [4.69, 9.17) is 0 Å². The maximum absolute atomic E-state index is 3.61. The van der Waals surface area contributed by atoms with E-state index in [9.17, 15) is 0 Å². The number of hydrogen-bond acceptors (Lipinski definition) is 1. The summed E-state index contributed by atoms with van der Waals surface area (Å²) in [5.74, 6) is 0. The van der Waals surface area contributed by atoms with Crippen molar-refractivity contribution < 1.29 is 0 Å². The molecular formula is C20H19N. The van der Waals surface area contributed by atoms with Crippen LogP contribution in [0.4, 0.5) is 5.69 Å². The van der Waals surface area contributed by atoms with E-state index in [0.29, 0.717) is 0 Å². The van der Waals surface area contributed by atoms with Gasteiger partial charge in [-0.2, -0.15) is 0 Å². The van der Waals surface area contributed by atoms with Crippen LogP contribution in [0.15, 0.2) is 60.7 Å². The smallest absolute Gasteiger partial charge is 0.0422 e. The zero-order chi connectivity index (χ0) is 14.1. The molecule has 0 amide bonds. The highest BCUT2D eigenvalue weighted by Gasteiger charge is 2.18. The first kappa shape index (κ1) is 12.5. The molecule has 0 unspecified atom stereocenters. The third-order valence-corrected chi connectivity index (χ3v) is 4.44. The van der Waals surface area contributed by atoms with Crippen molar-refractivity contribution in [2.24, 2.45) is 0 Å². The van der Waals surface area contributed by atoms with Crippen molar-refractivity contribution in [2.45, 2.75) is 25.8 Å². The van der Waals surface area contributed by atoms with Crippen LogP contribution in [-0.2, 0) is 6.54 Å². The van der Waals surface area contributed by atoms with Crippen LogP contribution in [0.5, 0.6) is 0 Å². The lowest BCUT2D eigenvalue weighted by Crippen LogP contribution is -2.08. The summed E-state index contributed by atoms with van der Waals surface area (Å²) >= 11 is 0. The predicted molar refractivity (Wildman–Crippen MR) is 90.0 cm³/mol. The minimum Gasteiger partial charge on any atom is -0.380 e. The van der Waals surface area contributed by atoms with Crippen molar-refractivity contribution in [1.29, 1.82) is 0 Å². The van der Waals surface area contributed by atoms with Crippen molar-refractivity contribution >= 4 is 16.8 Å². The molecule has 1 aliphatic heterocycles. The highest BCUT2D eigenvalue weighted by molar-refractivity contribution is 6.00. The molecule has 0 atom stereocenters. The molecule has 2 aliphatic rings. The Hall–Kier alpha value is -2.28. The fraction of sp³-hybridized carbons (Fsp3) is 0.200. The normalized spacial score (nSPS) is 16.8. The Morgan fingerprint density at radius 3 is 2.62 bits per heavy atom. The van der Waals surface area contributed by atoms with Crippen molar-refractivity contribution in [2.75, 3.05) is 5.32 Å². The summed E-state index contributed by atoms with van der Waals surface area (Å²) in [5, 5.41) is 3.61. The summed E-state index contributed by atoms with van der Waals surface area (Å²) in [6, 6.07) is 17.5. The Balaban J connectivity index is 2.03. The van der Waals surface area contributed by atoms with E-state index in [1.807, 2.05) is 0 Å². The standard InChI is InChI=1S/C20H19N/c1-2-10-17-16-9-5-4-8-15(16)14-21-20-13-7-6-12-19(20)18(17)11-3-1/h3-9,11-13,21H,1-2,10,14H2. The van der Waals surface area contributed by atoms with Crippen molar-refractivity contribution in [3.05, 3.63) is 77.4 Å². The van der Waals surface area contributed by atoms with Crippen LogP contribution in [0.1, 0.15) is 36.0 Å². The molecule has 4 rings (SSSR count). The molecule has 0 saturated heterocycles. The maximum Gasteiger partial charge on any atom is 0.0422 e. The first-order chi connectivity index (χ1) is 10.4. The summed E-state index contributed by atoms with van der Waals surface area (Å²) in [4.78, 5) is 0. The molecule has 0 radical (unpaired) electrons. The number of benzene rings is 2. The molecular weight excluding hydrogens is 254 g/mol. The number of anilines is 1. The second kappa shape index (κ2) is 5.25. The molecule has 0 saturated carbocycles. The Morgan fingerprint density at radius 2 is 1.67 bits per heavy atom. The lowest BCUT2D eigenvalue weighted by molar-refractivity contribution is 0.884. The molecule has 0 spiro atoms. The molecule has 104 valence electrons. The lowest BCUT2D eigenvalue weighted by Gasteiger charge is -2.22. The van der Waals surface area contributed by atoms with Gasteiger partial charge >= 0.3 is 0 Å². The van der Waals surface area contributed by atoms with Crippen LogP contribution in [0.2, 0.25) is 0 Å². The quantitative estimate of drug-likeness (QED) is 0.690. The van der Waals surface area contributed by atoms with Gasteiger partial charge in [-0.3, -0.25) is 0 Å². The average molecular weight is 273 g/mol. The zero-order valence-electron chi connectivity index (χ0n) is 12.1. The van der Waals surface area contributed by atoms with Crippen molar-refractivity contribution in [3.63, 3.8) is 0 Å². The molecule has 0 fully saturated rings. The second-order valence-corrected chi connectivity index (χ2v) is 5.74. The SMILES string of the molecule is C1=CC2=C(CCC1)c1ccccc1CNc1ccccc12. The fourth-order valence-corrected chi connectivity index (χ4v) is 3.40. The molecule has 1 nitrogen and oxygen atoms in total. The molecule has 1 N–H and O–H groups in total. The molecule has 1 heteroatoms. The molecule has 21 heavy (non-hydrogen) atoms. The van der Waals surface area contributed by atoms with Crippen LogP contribution >= 0.6 is 0 Å². The highest BCUT2D eigenvalue weighted by Crippen LogP contribution is 2.39. The Morgan fingerprint density at radius 1 is 0.857 bits per heavy atom. The average Bonchev–Trinajstić information content (AvgIpc) is 2.77. The van der Waals surface area contributed by atoms with E-state index in [1.54, 1.807) is 0 Å². The minimum absolute atomic E-state index is 0.897. The van der Waals surface area contributed by atoms with Crippen LogP contribution in [0.3, 0.4) is 0 Å². The Labute approximate surface area is 126 Å². The summed E-state index contributed by atoms with van der Waals surface area (Å²) in [7, 11) is 0. The maximum atomic E-state index is 3.61. The number of nitrogens with one attached hydrogen (secondary N) is 1. The third-order valence-electron chi connectivity index (χ3n) is 4.44. The van der Waals surface area contributed by atoms with Gasteiger partial charge in [-0.1, -0.05) is 54.6 Å². The predicted octanol–water partition coefficient (Wildman–Crippen LogP) is 5.26. The van der Waals surface area contributed by atoms with Gasteiger partial charge in [-0.15, -0.1) is 0 Å². The van der Waals surface area contributed by atoms with Gasteiger partial charge in [0.05, 0.1) is 0 Å². The van der Waals surface area contributed by atoms with Crippen LogP contribution in [0, 0.1) is 0 Å². The van der Waals surface area contributed by atoms with E-state index in [1.165, 1.54) is 46.4 Å². The monoisotopic (exact) mass is 273 g/mol. The zero-order valence-corrected chi connectivity index (χ0v) is 12.1. The van der Waals surface area contributed by atoms with Crippen LogP contribution in [-0.4, -0.2) is 0 Å². The fourth-order valence-electron chi connectivity index (χ4n) is 3.40. The first-order valence-corrected chi connectivity index (χ1v) is 7.75. The highest BCUT2D eigenvalue weighted by atomic mass is 14.9. The Bertz CT molecular complexity index is 737. The van der Waals surface area contributed by atoms with Crippen LogP contribution < -0.4 is 5.32 Å². The van der Waals surface area contributed by atoms with Gasteiger partial charge in [-0.25, -0.2) is 0 Å².